The van der Waals surface area contributed by atoms with Crippen molar-refractivity contribution in [2.45, 2.75) is 63.5 Å². The molecule has 6 nitrogen and oxygen atoms in total. The summed E-state index contributed by atoms with van der Waals surface area (Å²) in [6.07, 6.45) is 6.82. The molecule has 4 bridgehead atoms. The van der Waals surface area contributed by atoms with Gasteiger partial charge in [0.2, 0.25) is 0 Å². The van der Waals surface area contributed by atoms with Crippen LogP contribution in [0.5, 0.6) is 0 Å². The first-order valence-electron chi connectivity index (χ1n) is 11.3. The molecule has 0 aromatic carbocycles. The molecular weight excluding hydrogens is 370 g/mol. The Morgan fingerprint density at radius 1 is 1.24 bits per heavy atom. The van der Waals surface area contributed by atoms with Crippen LogP contribution in [-0.4, -0.2) is 65.0 Å². The van der Waals surface area contributed by atoms with Gasteiger partial charge >= 0.3 is 5.97 Å². The summed E-state index contributed by atoms with van der Waals surface area (Å²) in [5.41, 5.74) is 1.90. The van der Waals surface area contributed by atoms with Crippen molar-refractivity contribution in [3.05, 3.63) is 11.1 Å². The molecule has 8 atom stereocenters. The Hall–Kier alpha value is -0.950. The molecule has 6 aliphatic rings. The molecule has 0 aromatic heterocycles. The molecule has 2 saturated heterocycles. The normalized spacial score (nSPS) is 52.1. The van der Waals surface area contributed by atoms with Gasteiger partial charge in [-0.2, -0.15) is 0 Å². The lowest BCUT2D eigenvalue weighted by Gasteiger charge is -2.67. The highest BCUT2D eigenvalue weighted by atomic mass is 16.5. The van der Waals surface area contributed by atoms with Gasteiger partial charge in [0.15, 0.2) is 0 Å². The maximum Gasteiger partial charge on any atom is 0.309 e. The predicted molar refractivity (Wildman–Crippen MR) is 107 cm³/mol. The van der Waals surface area contributed by atoms with Gasteiger partial charge in [-0.25, -0.2) is 0 Å². The van der Waals surface area contributed by atoms with Crippen LogP contribution in [-0.2, 0) is 9.53 Å². The van der Waals surface area contributed by atoms with E-state index in [4.69, 9.17) is 4.74 Å². The van der Waals surface area contributed by atoms with Gasteiger partial charge in [0.05, 0.1) is 18.6 Å². The van der Waals surface area contributed by atoms with Crippen molar-refractivity contribution in [2.75, 3.05) is 26.8 Å². The molecule has 0 unspecified atom stereocenters. The smallest absolute Gasteiger partial charge is 0.309 e. The molecule has 2 heterocycles. The number of allylic oxidation sites excluding steroid dienone is 1. The third-order valence-corrected chi connectivity index (χ3v) is 10.4. The fourth-order valence-electron chi connectivity index (χ4n) is 9.42. The van der Waals surface area contributed by atoms with Gasteiger partial charge in [0, 0.05) is 36.6 Å². The van der Waals surface area contributed by atoms with Gasteiger partial charge in [0.1, 0.15) is 0 Å². The molecule has 2 aliphatic heterocycles. The van der Waals surface area contributed by atoms with E-state index in [9.17, 15) is 15.0 Å². The average Bonchev–Trinajstić information content (AvgIpc) is 3.31. The SMILES string of the molecule is COC(=O)[C@H]1C[C@]23C4=C(CC[C@H]5CN6C[C@H](C)[C@](O)(CC[C@]52CO)[C@@H]63)CC[C@H]41.O. The van der Waals surface area contributed by atoms with Gasteiger partial charge in [-0.05, 0) is 62.7 Å². The van der Waals surface area contributed by atoms with Crippen molar-refractivity contribution in [1.29, 1.82) is 0 Å². The summed E-state index contributed by atoms with van der Waals surface area (Å²) in [5.74, 6) is 0.749. The summed E-state index contributed by atoms with van der Waals surface area (Å²) < 4.78 is 5.26. The Morgan fingerprint density at radius 2 is 2.00 bits per heavy atom. The number of aliphatic hydroxyl groups is 2. The first-order chi connectivity index (χ1) is 13.4. The maximum atomic E-state index is 12.8. The molecule has 6 heteroatoms. The molecule has 6 rings (SSSR count). The van der Waals surface area contributed by atoms with Gasteiger partial charge in [0.25, 0.3) is 0 Å². The van der Waals surface area contributed by atoms with Crippen molar-refractivity contribution in [1.82, 2.24) is 4.90 Å². The number of piperidine rings is 1. The summed E-state index contributed by atoms with van der Waals surface area (Å²) in [6.45, 7) is 4.32. The van der Waals surface area contributed by atoms with Crippen LogP contribution in [0, 0.1) is 34.5 Å². The quantitative estimate of drug-likeness (QED) is 0.533. The topological polar surface area (TPSA) is 102 Å². The third-order valence-electron chi connectivity index (χ3n) is 10.4. The molecule has 4 N–H and O–H groups in total. The Bertz CT molecular complexity index is 781. The summed E-state index contributed by atoms with van der Waals surface area (Å²) in [7, 11) is 1.51. The molecule has 4 fully saturated rings. The first-order valence-corrected chi connectivity index (χ1v) is 11.3. The van der Waals surface area contributed by atoms with Crippen LogP contribution >= 0.6 is 0 Å². The van der Waals surface area contributed by atoms with E-state index in [1.165, 1.54) is 12.7 Å². The van der Waals surface area contributed by atoms with Gasteiger partial charge in [-0.1, -0.05) is 18.1 Å². The van der Waals surface area contributed by atoms with Gasteiger partial charge < -0.3 is 20.4 Å². The number of carbonyl (C=O) groups excluding carboxylic acids is 1. The number of nitrogens with zero attached hydrogens (tertiary/aromatic N) is 1. The molecule has 162 valence electrons. The van der Waals surface area contributed by atoms with E-state index in [1.54, 1.807) is 5.57 Å². The summed E-state index contributed by atoms with van der Waals surface area (Å²) in [4.78, 5) is 15.4. The predicted octanol–water partition coefficient (Wildman–Crippen LogP) is 1.30. The number of hydrogen-bond donors (Lipinski definition) is 2. The first kappa shape index (κ1) is 20.0. The van der Waals surface area contributed by atoms with Crippen molar-refractivity contribution < 1.29 is 25.2 Å². The number of esters is 1. The Kier molecular flexibility index (Phi) is 4.17. The molecule has 1 spiro atoms. The van der Waals surface area contributed by atoms with Crippen LogP contribution in [0.15, 0.2) is 11.1 Å². The fraction of sp³-hybridized carbons (Fsp3) is 0.870. The Balaban J connectivity index is 0.00000181. The van der Waals surface area contributed by atoms with Crippen LogP contribution in [0.1, 0.15) is 51.9 Å². The van der Waals surface area contributed by atoms with Crippen LogP contribution in [0.2, 0.25) is 0 Å². The molecule has 0 aromatic rings. The van der Waals surface area contributed by atoms with Crippen LogP contribution in [0.3, 0.4) is 0 Å². The second kappa shape index (κ2) is 6.06. The lowest BCUT2D eigenvalue weighted by molar-refractivity contribution is -0.217. The number of aliphatic hydroxyl groups excluding tert-OH is 1. The minimum Gasteiger partial charge on any atom is -0.469 e. The Morgan fingerprint density at radius 3 is 2.72 bits per heavy atom. The van der Waals surface area contributed by atoms with E-state index in [0.717, 1.165) is 58.0 Å². The van der Waals surface area contributed by atoms with Gasteiger partial charge in [-0.15, -0.1) is 0 Å². The van der Waals surface area contributed by atoms with Crippen LogP contribution in [0.4, 0.5) is 0 Å². The minimum atomic E-state index is -0.704. The van der Waals surface area contributed by atoms with Crippen LogP contribution < -0.4 is 0 Å². The molecule has 29 heavy (non-hydrogen) atoms. The number of hydrogen-bond acceptors (Lipinski definition) is 5. The molecule has 0 radical (unpaired) electrons. The number of carbonyl (C=O) groups is 1. The summed E-state index contributed by atoms with van der Waals surface area (Å²) >= 11 is 0. The van der Waals surface area contributed by atoms with Crippen molar-refractivity contribution in [2.24, 2.45) is 34.5 Å². The zero-order chi connectivity index (χ0) is 19.5. The third kappa shape index (κ3) is 1.96. The summed E-state index contributed by atoms with van der Waals surface area (Å²) in [5, 5.41) is 22.9. The second-order valence-corrected chi connectivity index (χ2v) is 10.8. The molecule has 2 saturated carbocycles. The lowest BCUT2D eigenvalue weighted by atomic mass is 9.42. The number of ether oxygens (including phenoxy) is 1. The van der Waals surface area contributed by atoms with E-state index >= 15 is 0 Å². The molecule has 0 amide bonds. The van der Waals surface area contributed by atoms with Crippen LogP contribution in [0.25, 0.3) is 0 Å². The Labute approximate surface area is 172 Å². The van der Waals surface area contributed by atoms with E-state index in [2.05, 4.69) is 11.8 Å². The van der Waals surface area contributed by atoms with E-state index < -0.39 is 5.60 Å². The van der Waals surface area contributed by atoms with Crippen molar-refractivity contribution in [3.8, 4) is 0 Å². The fourth-order valence-corrected chi connectivity index (χ4v) is 9.42. The average molecular weight is 406 g/mol. The van der Waals surface area contributed by atoms with Crippen molar-refractivity contribution >= 4 is 5.97 Å². The second-order valence-electron chi connectivity index (χ2n) is 10.8. The number of methoxy groups -OCH3 is 1. The zero-order valence-corrected chi connectivity index (χ0v) is 17.6. The zero-order valence-electron chi connectivity index (χ0n) is 17.6. The highest BCUT2D eigenvalue weighted by Crippen LogP contribution is 2.77. The molecule has 4 aliphatic carbocycles. The highest BCUT2D eigenvalue weighted by Gasteiger charge is 2.78. The summed E-state index contributed by atoms with van der Waals surface area (Å²) in [6, 6.07) is 0.0468. The number of rotatable bonds is 2. The van der Waals surface area contributed by atoms with E-state index in [1.807, 2.05) is 0 Å². The lowest BCUT2D eigenvalue weighted by Crippen LogP contribution is -2.73. The monoisotopic (exact) mass is 405 g/mol. The standard InChI is InChI=1S/C23H33NO4.H2O/c1-13-10-24-11-15-5-3-14-4-6-16-17(19(26)28-2)9-22(18(14)16)20(24)23(13,27)8-7-21(15,22)12-25;/h13,15-17,20,25,27H,3-12H2,1-2H3;1H2/t13-,15-,16-,17-,20-,21-,22+,23+;/m0./s1. The maximum absolute atomic E-state index is 12.8. The molecular formula is C23H35NO5. The largest absolute Gasteiger partial charge is 0.469 e. The van der Waals surface area contributed by atoms with E-state index in [0.29, 0.717) is 5.92 Å². The van der Waals surface area contributed by atoms with E-state index in [-0.39, 0.29) is 52.7 Å². The van der Waals surface area contributed by atoms with Crippen molar-refractivity contribution in [3.63, 3.8) is 0 Å². The van der Waals surface area contributed by atoms with Gasteiger partial charge in [-0.3, -0.25) is 9.69 Å². The minimum absolute atomic E-state index is 0. The highest BCUT2D eigenvalue weighted by molar-refractivity contribution is 5.75.